The SMILES string of the molecule is CC(C)Cc1nc(CCc2ccc(F)cc2)c(C(=N)OC(=N)C(F)(F)F)c(-c2ccc(C(=O)NCc3ccc(F)c(F)c3)s2)c1C(N)=O. The van der Waals surface area contributed by atoms with Gasteiger partial charge < -0.3 is 15.8 Å². The van der Waals surface area contributed by atoms with Gasteiger partial charge in [0.05, 0.1) is 27.4 Å². The normalized spacial score (nSPS) is 11.4. The third kappa shape index (κ3) is 8.64. The monoisotopic (exact) mass is 689 g/mol. The van der Waals surface area contributed by atoms with Crippen LogP contribution in [0.3, 0.4) is 0 Å². The summed E-state index contributed by atoms with van der Waals surface area (Å²) >= 11 is 0.823. The second kappa shape index (κ2) is 14.8. The summed E-state index contributed by atoms with van der Waals surface area (Å²) < 4.78 is 85.2. The highest BCUT2D eigenvalue weighted by Crippen LogP contribution is 2.38. The van der Waals surface area contributed by atoms with Crippen LogP contribution in [0.4, 0.5) is 26.3 Å². The van der Waals surface area contributed by atoms with Crippen LogP contribution in [-0.2, 0) is 30.5 Å². The second-order valence-electron chi connectivity index (χ2n) is 11.1. The van der Waals surface area contributed by atoms with Crippen molar-refractivity contribution in [1.82, 2.24) is 10.3 Å². The zero-order valence-electron chi connectivity index (χ0n) is 25.5. The number of ether oxygens (including phenoxy) is 1. The van der Waals surface area contributed by atoms with Gasteiger partial charge in [0.25, 0.3) is 17.7 Å². The maximum absolute atomic E-state index is 13.6. The van der Waals surface area contributed by atoms with Gasteiger partial charge in [-0.1, -0.05) is 32.0 Å². The Morgan fingerprint density at radius 1 is 0.917 bits per heavy atom. The van der Waals surface area contributed by atoms with Crippen LogP contribution in [0, 0.1) is 34.2 Å². The number of pyridine rings is 1. The highest BCUT2D eigenvalue weighted by molar-refractivity contribution is 7.17. The van der Waals surface area contributed by atoms with E-state index in [1.807, 2.05) is 13.8 Å². The molecule has 0 saturated heterocycles. The van der Waals surface area contributed by atoms with Gasteiger partial charge in [-0.2, -0.15) is 13.2 Å². The molecule has 0 fully saturated rings. The summed E-state index contributed by atoms with van der Waals surface area (Å²) in [5, 5.41) is 18.5. The molecule has 252 valence electrons. The van der Waals surface area contributed by atoms with E-state index < -0.39 is 47.2 Å². The fraction of sp³-hybridized carbons (Fsp3) is 0.242. The van der Waals surface area contributed by atoms with Gasteiger partial charge in [-0.3, -0.25) is 25.4 Å². The number of halogens is 6. The molecule has 0 aliphatic carbocycles. The lowest BCUT2D eigenvalue weighted by atomic mass is 9.91. The second-order valence-corrected chi connectivity index (χ2v) is 12.2. The van der Waals surface area contributed by atoms with E-state index >= 15 is 0 Å². The Kier molecular flexibility index (Phi) is 11.0. The molecule has 4 aromatic rings. The molecule has 48 heavy (non-hydrogen) atoms. The molecule has 0 spiro atoms. The average Bonchev–Trinajstić information content (AvgIpc) is 3.50. The highest BCUT2D eigenvalue weighted by atomic mass is 32.1. The van der Waals surface area contributed by atoms with Crippen molar-refractivity contribution in [2.24, 2.45) is 11.7 Å². The first-order valence-electron chi connectivity index (χ1n) is 14.4. The molecule has 4 rings (SSSR count). The van der Waals surface area contributed by atoms with Crippen LogP contribution in [-0.4, -0.2) is 34.8 Å². The van der Waals surface area contributed by atoms with Crippen molar-refractivity contribution in [3.05, 3.63) is 111 Å². The van der Waals surface area contributed by atoms with Gasteiger partial charge in [0, 0.05) is 17.0 Å². The Bertz CT molecular complexity index is 1870. The number of hydrogen-bond acceptors (Lipinski definition) is 7. The Balaban J connectivity index is 1.85. The van der Waals surface area contributed by atoms with Crippen LogP contribution >= 0.6 is 11.3 Å². The number of nitrogens with two attached hydrogens (primary N) is 1. The maximum Gasteiger partial charge on any atom is 0.468 e. The summed E-state index contributed by atoms with van der Waals surface area (Å²) in [4.78, 5) is 30.9. The summed E-state index contributed by atoms with van der Waals surface area (Å²) in [6, 6.07) is 11.4. The molecule has 0 saturated carbocycles. The molecule has 0 bridgehead atoms. The topological polar surface area (TPSA) is 142 Å². The third-order valence-corrected chi connectivity index (χ3v) is 8.06. The third-order valence-electron chi connectivity index (χ3n) is 6.96. The molecule has 0 unspecified atom stereocenters. The van der Waals surface area contributed by atoms with Gasteiger partial charge in [-0.25, -0.2) is 13.2 Å². The molecule has 2 heterocycles. The number of benzene rings is 2. The lowest BCUT2D eigenvalue weighted by Gasteiger charge is -2.21. The number of primary amides is 1. The first-order chi connectivity index (χ1) is 22.5. The predicted octanol–water partition coefficient (Wildman–Crippen LogP) is 7.12. The van der Waals surface area contributed by atoms with Gasteiger partial charge in [-0.05, 0) is 72.7 Å². The molecule has 5 N–H and O–H groups in total. The number of thiophene rings is 1. The van der Waals surface area contributed by atoms with Gasteiger partial charge in [0.1, 0.15) is 5.82 Å². The fourth-order valence-electron chi connectivity index (χ4n) is 4.80. The zero-order chi connectivity index (χ0) is 35.3. The molecule has 2 amide bonds. The molecule has 15 heteroatoms. The minimum atomic E-state index is -5.24. The lowest BCUT2D eigenvalue weighted by molar-refractivity contribution is -0.0728. The van der Waals surface area contributed by atoms with E-state index in [4.69, 9.17) is 16.6 Å². The molecule has 0 aliphatic heterocycles. The number of amides is 2. The molecule has 0 aliphatic rings. The Morgan fingerprint density at radius 3 is 2.19 bits per heavy atom. The van der Waals surface area contributed by atoms with E-state index in [-0.39, 0.29) is 75.1 Å². The van der Waals surface area contributed by atoms with E-state index in [0.29, 0.717) is 5.56 Å². The Morgan fingerprint density at radius 2 is 1.58 bits per heavy atom. The summed E-state index contributed by atoms with van der Waals surface area (Å²) in [6.07, 6.45) is -4.84. The number of alkyl halides is 3. The smallest absolute Gasteiger partial charge is 0.416 e. The van der Waals surface area contributed by atoms with Crippen LogP contribution in [0.15, 0.2) is 54.6 Å². The first kappa shape index (κ1) is 35.8. The first-order valence-corrected chi connectivity index (χ1v) is 15.2. The summed E-state index contributed by atoms with van der Waals surface area (Å²) in [5.41, 5.74) is 6.32. The van der Waals surface area contributed by atoms with Crippen molar-refractivity contribution in [3.63, 3.8) is 0 Å². The molecule has 0 radical (unpaired) electrons. The zero-order valence-corrected chi connectivity index (χ0v) is 26.3. The van der Waals surface area contributed by atoms with E-state index in [1.165, 1.54) is 42.5 Å². The van der Waals surface area contributed by atoms with E-state index in [0.717, 1.165) is 23.5 Å². The van der Waals surface area contributed by atoms with Crippen molar-refractivity contribution in [2.75, 3.05) is 0 Å². The van der Waals surface area contributed by atoms with Gasteiger partial charge in [-0.15, -0.1) is 11.3 Å². The lowest BCUT2D eigenvalue weighted by Crippen LogP contribution is -2.29. The Labute approximate surface area is 275 Å². The van der Waals surface area contributed by atoms with E-state index in [2.05, 4.69) is 15.0 Å². The van der Waals surface area contributed by atoms with E-state index in [1.54, 1.807) is 0 Å². The molecular weight excluding hydrogens is 660 g/mol. The van der Waals surface area contributed by atoms with Crippen molar-refractivity contribution in [1.29, 1.82) is 10.8 Å². The summed E-state index contributed by atoms with van der Waals surface area (Å²) in [5.74, 6) is -7.67. The molecular formula is C33H29F6N5O3S. The van der Waals surface area contributed by atoms with Crippen LogP contribution in [0.25, 0.3) is 10.4 Å². The number of rotatable bonds is 11. The van der Waals surface area contributed by atoms with Crippen molar-refractivity contribution >= 4 is 34.9 Å². The average molecular weight is 690 g/mol. The van der Waals surface area contributed by atoms with Crippen LogP contribution in [0.2, 0.25) is 0 Å². The highest BCUT2D eigenvalue weighted by Gasteiger charge is 2.39. The number of hydrogen-bond donors (Lipinski definition) is 4. The number of carbonyl (C=O) groups excluding carboxylic acids is 2. The van der Waals surface area contributed by atoms with E-state index in [9.17, 15) is 35.9 Å². The largest absolute Gasteiger partial charge is 0.468 e. The molecule has 8 nitrogen and oxygen atoms in total. The predicted molar refractivity (Wildman–Crippen MR) is 168 cm³/mol. The number of nitrogens with one attached hydrogen (secondary N) is 3. The minimum Gasteiger partial charge on any atom is -0.416 e. The Hall–Kier alpha value is -5.05. The van der Waals surface area contributed by atoms with Crippen LogP contribution < -0.4 is 11.1 Å². The van der Waals surface area contributed by atoms with Crippen LogP contribution in [0.5, 0.6) is 0 Å². The number of carbonyl (C=O) groups is 2. The molecule has 2 aromatic heterocycles. The maximum atomic E-state index is 13.6. The minimum absolute atomic E-state index is 0.00383. The summed E-state index contributed by atoms with van der Waals surface area (Å²) in [7, 11) is 0. The van der Waals surface area contributed by atoms with Crippen molar-refractivity contribution < 1.29 is 40.7 Å². The molecule has 0 atom stereocenters. The summed E-state index contributed by atoms with van der Waals surface area (Å²) in [6.45, 7) is 3.52. The number of aryl methyl sites for hydroxylation is 2. The molecule has 2 aromatic carbocycles. The van der Waals surface area contributed by atoms with Gasteiger partial charge >= 0.3 is 6.18 Å². The van der Waals surface area contributed by atoms with Crippen LogP contribution in [0.1, 0.15) is 62.0 Å². The van der Waals surface area contributed by atoms with Crippen molar-refractivity contribution in [3.8, 4) is 10.4 Å². The quantitative estimate of drug-likeness (QED) is 0.0756. The fourth-order valence-corrected chi connectivity index (χ4v) is 5.78. The van der Waals surface area contributed by atoms with Gasteiger partial charge in [0.15, 0.2) is 11.6 Å². The standard InChI is InChI=1S/C33H29F6N5O3S/c1-16(2)13-23-26(29(40)45)28(24-11-12-25(48-24)31(46)43-15-18-5-9-20(35)21(36)14-18)27(30(41)47-32(42)33(37,38)39)22(44-23)10-6-17-3-7-19(34)8-4-17/h3-5,7-9,11-12,14,16,41-42H,6,10,13,15H2,1-2H3,(H2,40,45)(H,43,46). The number of aromatic nitrogens is 1. The van der Waals surface area contributed by atoms with Gasteiger partial charge in [0.2, 0.25) is 5.90 Å². The van der Waals surface area contributed by atoms with Crippen molar-refractivity contribution in [2.45, 2.75) is 45.8 Å². The number of nitrogens with zero attached hydrogens (tertiary/aromatic N) is 1.